The van der Waals surface area contributed by atoms with Crippen molar-refractivity contribution in [2.24, 2.45) is 5.92 Å². The van der Waals surface area contributed by atoms with Gasteiger partial charge in [0.15, 0.2) is 0 Å². The van der Waals surface area contributed by atoms with Gasteiger partial charge in [-0.2, -0.15) is 0 Å². The van der Waals surface area contributed by atoms with Crippen molar-refractivity contribution < 1.29 is 19.4 Å². The van der Waals surface area contributed by atoms with Gasteiger partial charge in [0.25, 0.3) is 5.91 Å². The summed E-state index contributed by atoms with van der Waals surface area (Å²) < 4.78 is 5.57. The number of ether oxygens (including phenoxy) is 1. The Labute approximate surface area is 159 Å². The van der Waals surface area contributed by atoms with Crippen LogP contribution in [0.4, 0.5) is 0 Å². The van der Waals surface area contributed by atoms with E-state index in [2.05, 4.69) is 0 Å². The molecule has 2 unspecified atom stereocenters. The van der Waals surface area contributed by atoms with Gasteiger partial charge in [0, 0.05) is 24.6 Å². The summed E-state index contributed by atoms with van der Waals surface area (Å²) in [7, 11) is 0. The molecule has 2 aromatic rings. The third kappa shape index (κ3) is 4.55. The van der Waals surface area contributed by atoms with Crippen molar-refractivity contribution >= 4 is 11.9 Å². The molecule has 5 heteroatoms. The van der Waals surface area contributed by atoms with Gasteiger partial charge in [-0.3, -0.25) is 9.59 Å². The first kappa shape index (κ1) is 19.1. The highest BCUT2D eigenvalue weighted by atomic mass is 16.5. The first-order valence-corrected chi connectivity index (χ1v) is 9.23. The van der Waals surface area contributed by atoms with E-state index in [1.165, 1.54) is 0 Å². The number of carboxylic acid groups (broad SMARTS) is 1. The number of likely N-dealkylation sites (tertiary alicyclic amines) is 1. The Hall–Kier alpha value is -2.66. The number of amides is 1. The van der Waals surface area contributed by atoms with Gasteiger partial charge in [0.1, 0.15) is 0 Å². The predicted molar refractivity (Wildman–Crippen MR) is 103 cm³/mol. The Morgan fingerprint density at radius 2 is 1.74 bits per heavy atom. The van der Waals surface area contributed by atoms with E-state index < -0.39 is 11.9 Å². The number of benzene rings is 2. The zero-order valence-electron chi connectivity index (χ0n) is 15.7. The summed E-state index contributed by atoms with van der Waals surface area (Å²) in [6.45, 7) is 5.11. The average molecular weight is 367 g/mol. The zero-order valence-corrected chi connectivity index (χ0v) is 15.7. The van der Waals surface area contributed by atoms with E-state index in [4.69, 9.17) is 4.74 Å². The van der Waals surface area contributed by atoms with Crippen molar-refractivity contribution in [3.05, 3.63) is 71.3 Å². The van der Waals surface area contributed by atoms with E-state index in [1.54, 1.807) is 17.0 Å². The van der Waals surface area contributed by atoms with Crippen molar-refractivity contribution in [2.75, 3.05) is 13.1 Å². The van der Waals surface area contributed by atoms with Crippen LogP contribution in [0.2, 0.25) is 0 Å². The minimum atomic E-state index is -0.861. The maximum absolute atomic E-state index is 12.9. The monoisotopic (exact) mass is 367 g/mol. The Balaban J connectivity index is 1.72. The lowest BCUT2D eigenvalue weighted by atomic mass is 9.89. The van der Waals surface area contributed by atoms with Crippen LogP contribution in [0.3, 0.4) is 0 Å². The molecular formula is C22H25NO4. The summed E-state index contributed by atoms with van der Waals surface area (Å²) in [5.41, 5.74) is 2.54. The lowest BCUT2D eigenvalue weighted by Gasteiger charge is -2.17. The molecule has 3 rings (SSSR count). The predicted octanol–water partition coefficient (Wildman–Crippen LogP) is 3.55. The molecule has 2 aromatic carbocycles. The first-order valence-electron chi connectivity index (χ1n) is 9.23. The van der Waals surface area contributed by atoms with E-state index in [0.717, 1.165) is 11.1 Å². The Morgan fingerprint density at radius 3 is 2.33 bits per heavy atom. The highest BCUT2D eigenvalue weighted by molar-refractivity contribution is 5.95. The van der Waals surface area contributed by atoms with Gasteiger partial charge in [-0.15, -0.1) is 0 Å². The van der Waals surface area contributed by atoms with Gasteiger partial charge in [-0.25, -0.2) is 0 Å². The van der Waals surface area contributed by atoms with E-state index in [9.17, 15) is 14.7 Å². The second-order valence-corrected chi connectivity index (χ2v) is 7.23. The topological polar surface area (TPSA) is 66.8 Å². The van der Waals surface area contributed by atoms with Gasteiger partial charge >= 0.3 is 5.97 Å². The average Bonchev–Trinajstić information content (AvgIpc) is 3.13. The van der Waals surface area contributed by atoms with Crippen LogP contribution in [-0.4, -0.2) is 41.1 Å². The highest BCUT2D eigenvalue weighted by Gasteiger charge is 2.40. The third-order valence-corrected chi connectivity index (χ3v) is 4.94. The Morgan fingerprint density at radius 1 is 1.07 bits per heavy atom. The maximum Gasteiger partial charge on any atom is 0.308 e. The van der Waals surface area contributed by atoms with Gasteiger partial charge in [0.05, 0.1) is 18.6 Å². The number of hydrogen-bond donors (Lipinski definition) is 1. The van der Waals surface area contributed by atoms with Crippen LogP contribution in [0.15, 0.2) is 54.6 Å². The minimum Gasteiger partial charge on any atom is -0.481 e. The van der Waals surface area contributed by atoms with Gasteiger partial charge < -0.3 is 14.7 Å². The van der Waals surface area contributed by atoms with Crippen LogP contribution >= 0.6 is 0 Å². The number of rotatable bonds is 6. The Bertz CT molecular complexity index is 786. The molecular weight excluding hydrogens is 342 g/mol. The molecule has 1 fully saturated rings. The van der Waals surface area contributed by atoms with Crippen LogP contribution in [0.25, 0.3) is 0 Å². The smallest absolute Gasteiger partial charge is 0.308 e. The van der Waals surface area contributed by atoms with Crippen LogP contribution in [0.5, 0.6) is 0 Å². The van der Waals surface area contributed by atoms with Gasteiger partial charge in [-0.1, -0.05) is 42.5 Å². The van der Waals surface area contributed by atoms with E-state index in [0.29, 0.717) is 18.7 Å². The van der Waals surface area contributed by atoms with Gasteiger partial charge in [0.2, 0.25) is 0 Å². The fourth-order valence-corrected chi connectivity index (χ4v) is 3.45. The minimum absolute atomic E-state index is 0.129. The molecule has 0 bridgehead atoms. The molecule has 142 valence electrons. The summed E-state index contributed by atoms with van der Waals surface area (Å²) in [5.74, 6) is -1.77. The van der Waals surface area contributed by atoms with Crippen molar-refractivity contribution in [3.63, 3.8) is 0 Å². The van der Waals surface area contributed by atoms with E-state index >= 15 is 0 Å². The van der Waals surface area contributed by atoms with Crippen LogP contribution < -0.4 is 0 Å². The lowest BCUT2D eigenvalue weighted by Crippen LogP contribution is -2.29. The molecule has 1 amide bonds. The molecule has 27 heavy (non-hydrogen) atoms. The fraction of sp³-hybridized carbons (Fsp3) is 0.364. The van der Waals surface area contributed by atoms with Crippen molar-refractivity contribution in [1.29, 1.82) is 0 Å². The second kappa shape index (κ2) is 8.35. The molecule has 1 aliphatic heterocycles. The molecule has 1 heterocycles. The highest BCUT2D eigenvalue weighted by Crippen LogP contribution is 2.33. The zero-order chi connectivity index (χ0) is 19.4. The first-order chi connectivity index (χ1) is 13.0. The molecule has 1 aliphatic rings. The lowest BCUT2D eigenvalue weighted by molar-refractivity contribution is -0.141. The SMILES string of the molecule is CC(C)OCc1ccc(C(=O)N2CC(C(=O)O)C(c3ccccc3)C2)cc1. The standard InChI is InChI=1S/C22H25NO4/c1-15(2)27-14-16-8-10-18(11-9-16)21(24)23-12-19(20(13-23)22(25)26)17-6-4-3-5-7-17/h3-11,15,19-20H,12-14H2,1-2H3,(H,25,26). The second-order valence-electron chi connectivity index (χ2n) is 7.23. The number of carbonyl (C=O) groups excluding carboxylic acids is 1. The van der Waals surface area contributed by atoms with Crippen LogP contribution in [-0.2, 0) is 16.1 Å². The van der Waals surface area contributed by atoms with E-state index in [1.807, 2.05) is 56.3 Å². The van der Waals surface area contributed by atoms with Crippen molar-refractivity contribution in [1.82, 2.24) is 4.90 Å². The quantitative estimate of drug-likeness (QED) is 0.848. The summed E-state index contributed by atoms with van der Waals surface area (Å²) in [6, 6.07) is 16.9. The molecule has 0 spiro atoms. The largest absolute Gasteiger partial charge is 0.481 e. The third-order valence-electron chi connectivity index (χ3n) is 4.94. The van der Waals surface area contributed by atoms with Crippen molar-refractivity contribution in [2.45, 2.75) is 32.5 Å². The molecule has 1 N–H and O–H groups in total. The van der Waals surface area contributed by atoms with Gasteiger partial charge in [-0.05, 0) is 37.1 Å². The number of carbonyl (C=O) groups is 2. The number of hydrogen-bond acceptors (Lipinski definition) is 3. The Kier molecular flexibility index (Phi) is 5.91. The molecule has 0 aliphatic carbocycles. The van der Waals surface area contributed by atoms with Crippen LogP contribution in [0.1, 0.15) is 41.3 Å². The molecule has 1 saturated heterocycles. The van der Waals surface area contributed by atoms with Crippen molar-refractivity contribution in [3.8, 4) is 0 Å². The molecule has 0 radical (unpaired) electrons. The normalized spacial score (nSPS) is 19.4. The summed E-state index contributed by atoms with van der Waals surface area (Å²) in [5, 5.41) is 9.60. The number of aliphatic carboxylic acids is 1. The van der Waals surface area contributed by atoms with E-state index in [-0.39, 0.29) is 24.5 Å². The summed E-state index contributed by atoms with van der Waals surface area (Å²) in [4.78, 5) is 26.2. The molecule has 5 nitrogen and oxygen atoms in total. The fourth-order valence-electron chi connectivity index (χ4n) is 3.45. The summed E-state index contributed by atoms with van der Waals surface area (Å²) >= 11 is 0. The maximum atomic E-state index is 12.9. The molecule has 2 atom stereocenters. The molecule has 0 aromatic heterocycles. The number of nitrogens with zero attached hydrogens (tertiary/aromatic N) is 1. The summed E-state index contributed by atoms with van der Waals surface area (Å²) in [6.07, 6.45) is 0.152. The number of carboxylic acids is 1. The van der Waals surface area contributed by atoms with Crippen LogP contribution in [0, 0.1) is 5.92 Å². The molecule has 0 saturated carbocycles.